The van der Waals surface area contributed by atoms with Gasteiger partial charge in [-0.3, -0.25) is 4.18 Å². The van der Waals surface area contributed by atoms with Gasteiger partial charge in [0.05, 0.1) is 27.5 Å². The number of likely N-dealkylation sites (N-methyl/N-ethyl adjacent to an activating group) is 1. The fourth-order valence-electron chi connectivity index (χ4n) is 3.88. The first kappa shape index (κ1) is 19.7. The van der Waals surface area contributed by atoms with Crippen LogP contribution >= 0.6 is 0 Å². The first-order chi connectivity index (χ1) is 12.7. The lowest BCUT2D eigenvalue weighted by Gasteiger charge is -2.51. The lowest BCUT2D eigenvalue weighted by Crippen LogP contribution is -2.66. The molecule has 7 heteroatoms. The number of nitrogens with zero attached hydrogens (tertiary/aromatic N) is 1. The summed E-state index contributed by atoms with van der Waals surface area (Å²) in [6.07, 6.45) is 0.809. The second-order valence-electron chi connectivity index (χ2n) is 7.22. The van der Waals surface area contributed by atoms with E-state index >= 15 is 0 Å². The Balaban J connectivity index is 1.92. The van der Waals surface area contributed by atoms with Gasteiger partial charge in [0, 0.05) is 11.1 Å². The van der Waals surface area contributed by atoms with Gasteiger partial charge in [-0.2, -0.15) is 8.42 Å². The Kier molecular flexibility index (Phi) is 5.46. The molecule has 1 fully saturated rings. The molecule has 0 N–H and O–H groups in total. The summed E-state index contributed by atoms with van der Waals surface area (Å²) in [5, 5.41) is 0. The zero-order valence-corrected chi connectivity index (χ0v) is 16.9. The van der Waals surface area contributed by atoms with Crippen molar-refractivity contribution in [2.24, 2.45) is 0 Å². The van der Waals surface area contributed by atoms with Crippen LogP contribution in [0.15, 0.2) is 48.5 Å². The van der Waals surface area contributed by atoms with E-state index in [9.17, 15) is 8.42 Å². The number of rotatable bonds is 7. The molecule has 6 nitrogen and oxygen atoms in total. The van der Waals surface area contributed by atoms with Crippen molar-refractivity contribution in [1.82, 2.24) is 0 Å². The summed E-state index contributed by atoms with van der Waals surface area (Å²) in [5.41, 5.74) is 2.28. The summed E-state index contributed by atoms with van der Waals surface area (Å²) in [4.78, 5) is 0. The molecule has 2 aromatic rings. The molecular weight excluding hydrogens is 366 g/mol. The Morgan fingerprint density at radius 1 is 0.889 bits per heavy atom. The minimum atomic E-state index is -3.45. The molecule has 0 spiro atoms. The molecular formula is C20H26NO5S+. The highest BCUT2D eigenvalue weighted by Gasteiger charge is 2.49. The van der Waals surface area contributed by atoms with E-state index in [1.54, 1.807) is 14.2 Å². The topological polar surface area (TPSA) is 61.8 Å². The average molecular weight is 392 g/mol. The predicted octanol–water partition coefficient (Wildman–Crippen LogP) is 2.60. The van der Waals surface area contributed by atoms with E-state index in [0.29, 0.717) is 17.6 Å². The van der Waals surface area contributed by atoms with Gasteiger partial charge in [-0.1, -0.05) is 0 Å². The minimum absolute atomic E-state index is 0.0567. The van der Waals surface area contributed by atoms with Crippen molar-refractivity contribution in [2.45, 2.75) is 12.1 Å². The number of methoxy groups -OCH3 is 2. The quantitative estimate of drug-likeness (QED) is 0.535. The van der Waals surface area contributed by atoms with Crippen molar-refractivity contribution in [1.29, 1.82) is 0 Å². The van der Waals surface area contributed by atoms with E-state index in [-0.39, 0.29) is 12.1 Å². The highest BCUT2D eigenvalue weighted by atomic mass is 32.2. The van der Waals surface area contributed by atoms with E-state index in [1.165, 1.54) is 0 Å². The molecule has 146 valence electrons. The smallest absolute Gasteiger partial charge is 0.265 e. The number of quaternary nitrogens is 1. The van der Waals surface area contributed by atoms with E-state index < -0.39 is 10.1 Å². The van der Waals surface area contributed by atoms with Gasteiger partial charge in [0.1, 0.15) is 30.6 Å². The molecule has 3 rings (SSSR count). The normalized spacial score (nSPS) is 22.3. The lowest BCUT2D eigenvalue weighted by molar-refractivity contribution is -0.976. The molecule has 0 bridgehead atoms. The third kappa shape index (κ3) is 4.43. The van der Waals surface area contributed by atoms with Crippen LogP contribution in [0.2, 0.25) is 0 Å². The summed E-state index contributed by atoms with van der Waals surface area (Å²) in [6, 6.07) is 16.1. The molecule has 1 aliphatic heterocycles. The summed E-state index contributed by atoms with van der Waals surface area (Å²) in [7, 11) is 1.97. The van der Waals surface area contributed by atoms with E-state index in [2.05, 4.69) is 31.3 Å². The fraction of sp³-hybridized carbons (Fsp3) is 0.400. The van der Waals surface area contributed by atoms with Gasteiger partial charge in [0.25, 0.3) is 10.1 Å². The first-order valence-corrected chi connectivity index (χ1v) is 10.6. The molecule has 0 radical (unpaired) electrons. The minimum Gasteiger partial charge on any atom is -0.497 e. The average Bonchev–Trinajstić information content (AvgIpc) is 2.60. The third-order valence-electron chi connectivity index (χ3n) is 5.04. The van der Waals surface area contributed by atoms with Crippen LogP contribution in [-0.4, -0.2) is 59.6 Å². The van der Waals surface area contributed by atoms with Crippen LogP contribution in [0.3, 0.4) is 0 Å². The van der Waals surface area contributed by atoms with Crippen LogP contribution in [0.1, 0.15) is 17.2 Å². The van der Waals surface area contributed by atoms with E-state index in [1.807, 2.05) is 24.3 Å². The Morgan fingerprint density at radius 2 is 1.30 bits per heavy atom. The third-order valence-corrected chi connectivity index (χ3v) is 5.66. The van der Waals surface area contributed by atoms with Crippen LogP contribution in [0, 0.1) is 0 Å². The van der Waals surface area contributed by atoms with Crippen molar-refractivity contribution in [3.8, 4) is 11.5 Å². The van der Waals surface area contributed by atoms with Gasteiger partial charge >= 0.3 is 0 Å². The van der Waals surface area contributed by atoms with Gasteiger partial charge in [0.15, 0.2) is 6.10 Å². The Bertz CT molecular complexity index is 824. The largest absolute Gasteiger partial charge is 0.497 e. The first-order valence-electron chi connectivity index (χ1n) is 8.74. The van der Waals surface area contributed by atoms with Crippen LogP contribution in [0.4, 0.5) is 0 Å². The molecule has 0 unspecified atom stereocenters. The van der Waals surface area contributed by atoms with Crippen LogP contribution in [-0.2, 0) is 14.3 Å². The Labute approximate surface area is 161 Å². The monoisotopic (exact) mass is 392 g/mol. The summed E-state index contributed by atoms with van der Waals surface area (Å²) in [6.45, 7) is 1.24. The Morgan fingerprint density at radius 3 is 1.63 bits per heavy atom. The molecule has 2 aromatic carbocycles. The maximum absolute atomic E-state index is 11.4. The zero-order chi connectivity index (χ0) is 19.7. The molecule has 0 aliphatic carbocycles. The number of ether oxygens (including phenoxy) is 2. The molecule has 0 aromatic heterocycles. The number of benzene rings is 2. The zero-order valence-electron chi connectivity index (χ0n) is 16.1. The van der Waals surface area contributed by atoms with Crippen molar-refractivity contribution in [2.75, 3.05) is 40.6 Å². The molecule has 1 heterocycles. The van der Waals surface area contributed by atoms with Crippen molar-refractivity contribution < 1.29 is 26.6 Å². The van der Waals surface area contributed by atoms with Gasteiger partial charge in [0.2, 0.25) is 0 Å². The summed E-state index contributed by atoms with van der Waals surface area (Å²) in [5.74, 6) is 1.61. The fourth-order valence-corrected chi connectivity index (χ4v) is 4.50. The Hall–Kier alpha value is -2.09. The van der Waals surface area contributed by atoms with E-state index in [4.69, 9.17) is 13.7 Å². The summed E-state index contributed by atoms with van der Waals surface area (Å²) >= 11 is 0. The van der Waals surface area contributed by atoms with Gasteiger partial charge in [-0.05, 0) is 48.5 Å². The van der Waals surface area contributed by atoms with Gasteiger partial charge in [-0.25, -0.2) is 0 Å². The van der Waals surface area contributed by atoms with Gasteiger partial charge in [-0.15, -0.1) is 0 Å². The second-order valence-corrected chi connectivity index (χ2v) is 8.82. The SMILES string of the molecule is COc1ccc(C(c2ccc(OC)cc2)[N+]2(C)CC(OS(C)(=O)=O)C2)cc1. The van der Waals surface area contributed by atoms with Crippen molar-refractivity contribution in [3.05, 3.63) is 59.7 Å². The van der Waals surface area contributed by atoms with Gasteiger partial charge < -0.3 is 14.0 Å². The molecule has 1 aliphatic rings. The maximum Gasteiger partial charge on any atom is 0.265 e. The maximum atomic E-state index is 11.4. The highest BCUT2D eigenvalue weighted by molar-refractivity contribution is 7.86. The number of likely N-dealkylation sites (tertiary alicyclic amines) is 1. The molecule has 27 heavy (non-hydrogen) atoms. The van der Waals surface area contributed by atoms with Crippen LogP contribution in [0.5, 0.6) is 11.5 Å². The van der Waals surface area contributed by atoms with Crippen LogP contribution < -0.4 is 9.47 Å². The van der Waals surface area contributed by atoms with Crippen molar-refractivity contribution in [3.63, 3.8) is 0 Å². The molecule has 0 atom stereocenters. The lowest BCUT2D eigenvalue weighted by atomic mass is 9.90. The second kappa shape index (κ2) is 7.50. The van der Waals surface area contributed by atoms with Crippen LogP contribution in [0.25, 0.3) is 0 Å². The molecule has 0 amide bonds. The number of hydrogen-bond acceptors (Lipinski definition) is 5. The number of hydrogen-bond donors (Lipinski definition) is 0. The highest BCUT2D eigenvalue weighted by Crippen LogP contribution is 2.40. The predicted molar refractivity (Wildman–Crippen MR) is 103 cm³/mol. The standard InChI is InChI=1S/C20H26NO5S/c1-21(13-19(14-21)26-27(4,22)23)20(15-5-9-17(24-2)10-6-15)16-7-11-18(25-3)12-8-16/h5-12,19-20H,13-14H2,1-4H3/q+1. The molecule has 1 saturated heterocycles. The van der Waals surface area contributed by atoms with Crippen molar-refractivity contribution >= 4 is 10.1 Å². The molecule has 0 saturated carbocycles. The summed E-state index contributed by atoms with van der Waals surface area (Å²) < 4.78 is 39.3. The van der Waals surface area contributed by atoms with E-state index in [0.717, 1.165) is 28.9 Å².